The van der Waals surface area contributed by atoms with Crippen molar-refractivity contribution in [2.24, 2.45) is 5.92 Å². The molecule has 0 rings (SSSR count). The van der Waals surface area contributed by atoms with E-state index in [1.165, 1.54) is 109 Å². The minimum atomic E-state index is -0.0317. The van der Waals surface area contributed by atoms with E-state index in [0.717, 1.165) is 44.4 Å². The minimum Gasteiger partial charge on any atom is -0.466 e. The van der Waals surface area contributed by atoms with Crippen LogP contribution in [-0.4, -0.2) is 12.6 Å². The molecule has 0 N–H and O–H groups in total. The van der Waals surface area contributed by atoms with E-state index in [0.29, 0.717) is 13.0 Å². The second kappa shape index (κ2) is 33.6. The molecule has 0 atom stereocenters. The second-order valence-electron chi connectivity index (χ2n) is 12.0. The van der Waals surface area contributed by atoms with Gasteiger partial charge >= 0.3 is 5.97 Å². The third-order valence-corrected chi connectivity index (χ3v) is 7.40. The van der Waals surface area contributed by atoms with Gasteiger partial charge in [0.1, 0.15) is 0 Å². The average molecular weight is 557 g/mol. The SMILES string of the molecule is CCCCC/C=C\C/C=C\C/C=C\C/C=C\CCCC(=O)OCCCCCCCCCCCCCCCC(C)C. The third-order valence-electron chi connectivity index (χ3n) is 7.40. The zero-order valence-electron chi connectivity index (χ0n) is 27.2. The van der Waals surface area contributed by atoms with Crippen LogP contribution in [0.5, 0.6) is 0 Å². The molecule has 0 aromatic heterocycles. The third kappa shape index (κ3) is 34.5. The summed E-state index contributed by atoms with van der Waals surface area (Å²) in [5, 5.41) is 0. The normalized spacial score (nSPS) is 12.3. The minimum absolute atomic E-state index is 0.0317. The van der Waals surface area contributed by atoms with Crippen LogP contribution in [0.25, 0.3) is 0 Å². The van der Waals surface area contributed by atoms with Gasteiger partial charge in [-0.25, -0.2) is 0 Å². The van der Waals surface area contributed by atoms with E-state index in [2.05, 4.69) is 69.4 Å². The average Bonchev–Trinajstić information content (AvgIpc) is 2.94. The van der Waals surface area contributed by atoms with Gasteiger partial charge < -0.3 is 4.74 Å². The summed E-state index contributed by atoms with van der Waals surface area (Å²) in [5.41, 5.74) is 0. The highest BCUT2D eigenvalue weighted by atomic mass is 16.5. The van der Waals surface area contributed by atoms with Crippen molar-refractivity contribution in [1.29, 1.82) is 0 Å². The molecule has 0 saturated heterocycles. The van der Waals surface area contributed by atoms with Gasteiger partial charge in [-0.2, -0.15) is 0 Å². The van der Waals surface area contributed by atoms with Crippen LogP contribution < -0.4 is 0 Å². The molecule has 0 saturated carbocycles. The molecule has 0 fully saturated rings. The summed E-state index contributed by atoms with van der Waals surface area (Å²) in [7, 11) is 0. The molecule has 0 aromatic rings. The number of rotatable bonds is 30. The highest BCUT2D eigenvalue weighted by Crippen LogP contribution is 2.14. The van der Waals surface area contributed by atoms with Gasteiger partial charge in [-0.1, -0.05) is 166 Å². The van der Waals surface area contributed by atoms with Crippen LogP contribution in [0, 0.1) is 5.92 Å². The molecule has 0 heterocycles. The molecule has 0 unspecified atom stereocenters. The maximum atomic E-state index is 11.9. The van der Waals surface area contributed by atoms with Crippen molar-refractivity contribution >= 4 is 5.97 Å². The standard InChI is InChI=1S/C38H68O2/c1-4-5-6-7-8-9-10-11-12-13-14-17-20-23-26-29-32-35-38(39)40-36-33-30-27-24-21-18-15-16-19-22-25-28-31-34-37(2)3/h8-9,11-12,14,17,23,26,37H,4-7,10,13,15-16,18-22,24-25,27-36H2,1-3H3/b9-8-,12-11-,17-14-,26-23-. The van der Waals surface area contributed by atoms with Crippen LogP contribution >= 0.6 is 0 Å². The Morgan fingerprint density at radius 1 is 0.525 bits per heavy atom. The molecule has 0 aromatic carbocycles. The Morgan fingerprint density at radius 3 is 1.43 bits per heavy atom. The maximum Gasteiger partial charge on any atom is 0.305 e. The van der Waals surface area contributed by atoms with Crippen molar-refractivity contribution in [3.63, 3.8) is 0 Å². The fraction of sp³-hybridized carbons (Fsp3) is 0.763. The van der Waals surface area contributed by atoms with Gasteiger partial charge in [0.25, 0.3) is 0 Å². The van der Waals surface area contributed by atoms with Gasteiger partial charge in [0.05, 0.1) is 6.61 Å². The van der Waals surface area contributed by atoms with Crippen molar-refractivity contribution in [3.05, 3.63) is 48.6 Å². The Balaban J connectivity index is 3.34. The fourth-order valence-electron chi connectivity index (χ4n) is 4.78. The van der Waals surface area contributed by atoms with Crippen LogP contribution in [0.3, 0.4) is 0 Å². The predicted molar refractivity (Wildman–Crippen MR) is 179 cm³/mol. The molecule has 2 nitrogen and oxygen atoms in total. The Hall–Kier alpha value is -1.57. The number of esters is 1. The van der Waals surface area contributed by atoms with Crippen LogP contribution in [0.1, 0.15) is 175 Å². The number of allylic oxidation sites excluding steroid dienone is 8. The van der Waals surface area contributed by atoms with Crippen LogP contribution in [0.15, 0.2) is 48.6 Å². The van der Waals surface area contributed by atoms with Gasteiger partial charge in [-0.3, -0.25) is 4.79 Å². The smallest absolute Gasteiger partial charge is 0.305 e. The van der Waals surface area contributed by atoms with Crippen molar-refractivity contribution < 1.29 is 9.53 Å². The van der Waals surface area contributed by atoms with Gasteiger partial charge in [0.2, 0.25) is 0 Å². The lowest BCUT2D eigenvalue weighted by atomic mass is 10.0. The Morgan fingerprint density at radius 2 is 0.950 bits per heavy atom. The van der Waals surface area contributed by atoms with E-state index >= 15 is 0 Å². The summed E-state index contributed by atoms with van der Waals surface area (Å²) in [6.45, 7) is 7.50. The molecule has 0 aliphatic heterocycles. The molecule has 40 heavy (non-hydrogen) atoms. The van der Waals surface area contributed by atoms with E-state index in [4.69, 9.17) is 4.74 Å². The van der Waals surface area contributed by atoms with Crippen LogP contribution in [-0.2, 0) is 9.53 Å². The molecular weight excluding hydrogens is 488 g/mol. The molecular formula is C38H68O2. The van der Waals surface area contributed by atoms with Gasteiger partial charge in [0.15, 0.2) is 0 Å². The largest absolute Gasteiger partial charge is 0.466 e. The van der Waals surface area contributed by atoms with Crippen LogP contribution in [0.4, 0.5) is 0 Å². The Kier molecular flexibility index (Phi) is 32.3. The van der Waals surface area contributed by atoms with Crippen LogP contribution in [0.2, 0.25) is 0 Å². The summed E-state index contributed by atoms with van der Waals surface area (Å²) < 4.78 is 5.40. The molecule has 0 aliphatic rings. The number of hydrogen-bond acceptors (Lipinski definition) is 2. The lowest BCUT2D eigenvalue weighted by Crippen LogP contribution is -2.05. The highest BCUT2D eigenvalue weighted by Gasteiger charge is 2.01. The van der Waals surface area contributed by atoms with E-state index in [9.17, 15) is 4.79 Å². The van der Waals surface area contributed by atoms with Crippen molar-refractivity contribution in [3.8, 4) is 0 Å². The number of ether oxygens (including phenoxy) is 1. The number of unbranched alkanes of at least 4 members (excludes halogenated alkanes) is 16. The lowest BCUT2D eigenvalue weighted by molar-refractivity contribution is -0.143. The second-order valence-corrected chi connectivity index (χ2v) is 12.0. The zero-order valence-corrected chi connectivity index (χ0v) is 27.2. The first kappa shape index (κ1) is 38.4. The maximum absolute atomic E-state index is 11.9. The molecule has 0 aliphatic carbocycles. The summed E-state index contributed by atoms with van der Waals surface area (Å²) in [5.74, 6) is 0.836. The summed E-state index contributed by atoms with van der Waals surface area (Å²) in [6, 6.07) is 0. The van der Waals surface area contributed by atoms with Crippen molar-refractivity contribution in [2.75, 3.05) is 6.61 Å². The monoisotopic (exact) mass is 557 g/mol. The first-order valence-electron chi connectivity index (χ1n) is 17.4. The van der Waals surface area contributed by atoms with Gasteiger partial charge in [-0.15, -0.1) is 0 Å². The van der Waals surface area contributed by atoms with Crippen molar-refractivity contribution in [2.45, 2.75) is 175 Å². The van der Waals surface area contributed by atoms with Crippen molar-refractivity contribution in [1.82, 2.24) is 0 Å². The predicted octanol–water partition coefficient (Wildman–Crippen LogP) is 12.8. The Bertz CT molecular complexity index is 625. The molecule has 0 bridgehead atoms. The zero-order chi connectivity index (χ0) is 29.2. The van der Waals surface area contributed by atoms with Gasteiger partial charge in [-0.05, 0) is 57.3 Å². The molecule has 0 radical (unpaired) electrons. The first-order chi connectivity index (χ1) is 19.7. The summed E-state index contributed by atoms with van der Waals surface area (Å²) in [6.07, 6.45) is 47.4. The number of carbonyl (C=O) groups is 1. The molecule has 232 valence electrons. The number of carbonyl (C=O) groups excluding carboxylic acids is 1. The molecule has 0 amide bonds. The summed E-state index contributed by atoms with van der Waals surface area (Å²) >= 11 is 0. The highest BCUT2D eigenvalue weighted by molar-refractivity contribution is 5.69. The Labute approximate surface area is 251 Å². The molecule has 0 spiro atoms. The quantitative estimate of drug-likeness (QED) is 0.0499. The van der Waals surface area contributed by atoms with Gasteiger partial charge in [0, 0.05) is 6.42 Å². The first-order valence-corrected chi connectivity index (χ1v) is 17.4. The van der Waals surface area contributed by atoms with E-state index in [1.54, 1.807) is 0 Å². The fourth-order valence-corrected chi connectivity index (χ4v) is 4.78. The topological polar surface area (TPSA) is 26.3 Å². The van der Waals surface area contributed by atoms with E-state index < -0.39 is 0 Å². The number of hydrogen-bond donors (Lipinski definition) is 0. The van der Waals surface area contributed by atoms with E-state index in [-0.39, 0.29) is 5.97 Å². The lowest BCUT2D eigenvalue weighted by Gasteiger charge is -2.05. The molecule has 2 heteroatoms. The summed E-state index contributed by atoms with van der Waals surface area (Å²) in [4.78, 5) is 11.9. The van der Waals surface area contributed by atoms with E-state index in [1.807, 2.05) is 0 Å².